The summed E-state index contributed by atoms with van der Waals surface area (Å²) in [4.78, 5) is 12.5. The number of hydrogen-bond acceptors (Lipinski definition) is 5. The summed E-state index contributed by atoms with van der Waals surface area (Å²) in [6.45, 7) is 10.7. The molecule has 0 aliphatic heterocycles. The number of nitrogens with zero attached hydrogens (tertiary/aromatic N) is 2. The van der Waals surface area contributed by atoms with Crippen molar-refractivity contribution in [3.05, 3.63) is 29.8 Å². The van der Waals surface area contributed by atoms with Gasteiger partial charge in [-0.15, -0.1) is 10.2 Å². The average molecular weight is 402 g/mol. The molecule has 3 rings (SSSR count). The van der Waals surface area contributed by atoms with Gasteiger partial charge in [0.25, 0.3) is 5.22 Å². The predicted octanol–water partition coefficient (Wildman–Crippen LogP) is 5.21. The Hall–Kier alpha value is -1.82. The van der Waals surface area contributed by atoms with Crippen molar-refractivity contribution < 1.29 is 9.21 Å². The minimum absolute atomic E-state index is 0.0398. The van der Waals surface area contributed by atoms with Crippen molar-refractivity contribution in [3.8, 4) is 11.5 Å². The van der Waals surface area contributed by atoms with E-state index in [1.807, 2.05) is 19.1 Å². The number of benzene rings is 1. The van der Waals surface area contributed by atoms with E-state index in [4.69, 9.17) is 4.42 Å². The topological polar surface area (TPSA) is 68.0 Å². The summed E-state index contributed by atoms with van der Waals surface area (Å²) < 4.78 is 5.79. The molecule has 1 aliphatic carbocycles. The molecule has 2 aromatic rings. The quantitative estimate of drug-likeness (QED) is 0.697. The first-order valence-corrected chi connectivity index (χ1v) is 11.0. The van der Waals surface area contributed by atoms with Gasteiger partial charge >= 0.3 is 0 Å². The van der Waals surface area contributed by atoms with Crippen LogP contribution in [0.4, 0.5) is 0 Å². The zero-order valence-electron chi connectivity index (χ0n) is 17.5. The number of carbonyl (C=O) groups excluding carboxylic acids is 1. The van der Waals surface area contributed by atoms with E-state index in [0.717, 1.165) is 12.0 Å². The maximum Gasteiger partial charge on any atom is 0.277 e. The SMILES string of the molecule is C[C@@H]1CCCC[C@@H]1NC(=O)[C@@H](C)Sc1nnc(-c2ccc(C(C)(C)C)cc2)o1. The van der Waals surface area contributed by atoms with Gasteiger partial charge in [-0.3, -0.25) is 4.79 Å². The van der Waals surface area contributed by atoms with Crippen molar-refractivity contribution >= 4 is 17.7 Å². The molecule has 1 N–H and O–H groups in total. The molecule has 1 saturated carbocycles. The molecular formula is C22H31N3O2S. The van der Waals surface area contributed by atoms with Crippen LogP contribution in [0.2, 0.25) is 0 Å². The Balaban J connectivity index is 1.60. The highest BCUT2D eigenvalue weighted by Gasteiger charge is 2.26. The molecule has 6 heteroatoms. The Kier molecular flexibility index (Phi) is 6.48. The third-order valence-corrected chi connectivity index (χ3v) is 6.42. The number of rotatable bonds is 5. The Bertz CT molecular complexity index is 795. The van der Waals surface area contributed by atoms with E-state index >= 15 is 0 Å². The first-order chi connectivity index (χ1) is 13.2. The third kappa shape index (κ3) is 5.16. The van der Waals surface area contributed by atoms with Crippen LogP contribution in [0.15, 0.2) is 33.9 Å². The molecule has 5 nitrogen and oxygen atoms in total. The molecule has 152 valence electrons. The van der Waals surface area contributed by atoms with Crippen molar-refractivity contribution in [1.82, 2.24) is 15.5 Å². The predicted molar refractivity (Wildman–Crippen MR) is 113 cm³/mol. The highest BCUT2D eigenvalue weighted by atomic mass is 32.2. The first kappa shape index (κ1) is 20.9. The lowest BCUT2D eigenvalue weighted by Gasteiger charge is -2.30. The standard InChI is InChI=1S/C22H31N3O2S/c1-14-8-6-7-9-18(14)23-19(26)15(2)28-21-25-24-20(27-21)16-10-12-17(13-11-16)22(3,4)5/h10-15,18H,6-9H2,1-5H3,(H,23,26)/t14-,15-,18+/m1/s1. The summed E-state index contributed by atoms with van der Waals surface area (Å²) in [6, 6.07) is 8.47. The number of hydrogen-bond donors (Lipinski definition) is 1. The molecule has 3 atom stereocenters. The van der Waals surface area contributed by atoms with Crippen molar-refractivity contribution in [3.63, 3.8) is 0 Å². The van der Waals surface area contributed by atoms with Crippen molar-refractivity contribution in [2.75, 3.05) is 0 Å². The molecule has 0 radical (unpaired) electrons. The van der Waals surface area contributed by atoms with Crippen LogP contribution in [0, 0.1) is 5.92 Å². The Morgan fingerprint density at radius 2 is 1.86 bits per heavy atom. The van der Waals surface area contributed by atoms with Crippen molar-refractivity contribution in [1.29, 1.82) is 0 Å². The lowest BCUT2D eigenvalue weighted by Crippen LogP contribution is -2.44. The summed E-state index contributed by atoms with van der Waals surface area (Å²) >= 11 is 1.31. The van der Waals surface area contributed by atoms with Gasteiger partial charge in [-0.2, -0.15) is 0 Å². The first-order valence-electron chi connectivity index (χ1n) is 10.2. The fourth-order valence-corrected chi connectivity index (χ4v) is 4.21. The second kappa shape index (κ2) is 8.68. The van der Waals surface area contributed by atoms with E-state index in [0.29, 0.717) is 17.0 Å². The highest BCUT2D eigenvalue weighted by Crippen LogP contribution is 2.29. The molecular weight excluding hydrogens is 370 g/mol. The van der Waals surface area contributed by atoms with E-state index in [9.17, 15) is 4.79 Å². The van der Waals surface area contributed by atoms with Crippen LogP contribution < -0.4 is 5.32 Å². The smallest absolute Gasteiger partial charge is 0.277 e. The minimum atomic E-state index is -0.273. The lowest BCUT2D eigenvalue weighted by atomic mass is 9.86. The van der Waals surface area contributed by atoms with E-state index in [2.05, 4.69) is 55.3 Å². The van der Waals surface area contributed by atoms with E-state index in [1.54, 1.807) is 0 Å². The fraction of sp³-hybridized carbons (Fsp3) is 0.591. The molecule has 0 unspecified atom stereocenters. The molecule has 1 fully saturated rings. The van der Waals surface area contributed by atoms with E-state index in [1.165, 1.54) is 36.6 Å². The van der Waals surface area contributed by atoms with Crippen LogP contribution in [-0.4, -0.2) is 27.4 Å². The monoisotopic (exact) mass is 401 g/mol. The van der Waals surface area contributed by atoms with Gasteiger partial charge in [0, 0.05) is 11.6 Å². The van der Waals surface area contributed by atoms with E-state index in [-0.39, 0.29) is 22.6 Å². The molecule has 0 spiro atoms. The fourth-order valence-electron chi connectivity index (χ4n) is 3.52. The van der Waals surface area contributed by atoms with E-state index < -0.39 is 0 Å². The number of aromatic nitrogens is 2. The Labute approximate surface area is 172 Å². The zero-order valence-corrected chi connectivity index (χ0v) is 18.3. The third-order valence-electron chi connectivity index (χ3n) is 5.49. The van der Waals surface area contributed by atoms with Gasteiger partial charge in [0.2, 0.25) is 11.8 Å². The lowest BCUT2D eigenvalue weighted by molar-refractivity contribution is -0.121. The summed E-state index contributed by atoms with van der Waals surface area (Å²) in [5.74, 6) is 1.07. The summed E-state index contributed by atoms with van der Waals surface area (Å²) in [5, 5.41) is 11.6. The molecule has 0 saturated heterocycles. The van der Waals surface area contributed by atoms with Gasteiger partial charge in [0.15, 0.2) is 0 Å². The highest BCUT2D eigenvalue weighted by molar-refractivity contribution is 8.00. The molecule has 28 heavy (non-hydrogen) atoms. The summed E-state index contributed by atoms with van der Waals surface area (Å²) in [5.41, 5.74) is 2.25. The average Bonchev–Trinajstić information content (AvgIpc) is 3.11. The molecule has 1 aromatic heterocycles. The summed E-state index contributed by atoms with van der Waals surface area (Å²) in [6.07, 6.45) is 4.71. The van der Waals surface area contributed by atoms with Gasteiger partial charge in [-0.05, 0) is 48.8 Å². The second-order valence-electron chi connectivity index (χ2n) is 8.84. The number of amides is 1. The molecule has 1 aromatic carbocycles. The molecule has 0 bridgehead atoms. The Morgan fingerprint density at radius 3 is 2.50 bits per heavy atom. The number of nitrogens with one attached hydrogen (secondary N) is 1. The number of thioether (sulfide) groups is 1. The Morgan fingerprint density at radius 1 is 1.18 bits per heavy atom. The second-order valence-corrected chi connectivity index (χ2v) is 10.1. The van der Waals surface area contributed by atoms with Gasteiger partial charge in [0.1, 0.15) is 0 Å². The number of carbonyl (C=O) groups is 1. The van der Waals surface area contributed by atoms with Gasteiger partial charge < -0.3 is 9.73 Å². The van der Waals surface area contributed by atoms with Crippen LogP contribution in [-0.2, 0) is 10.2 Å². The zero-order chi connectivity index (χ0) is 20.3. The van der Waals surface area contributed by atoms with Crippen LogP contribution in [0.1, 0.15) is 65.9 Å². The minimum Gasteiger partial charge on any atom is -0.411 e. The van der Waals surface area contributed by atoms with Crippen LogP contribution in [0.5, 0.6) is 0 Å². The van der Waals surface area contributed by atoms with Crippen molar-refractivity contribution in [2.45, 2.75) is 82.2 Å². The molecule has 1 aliphatic rings. The largest absolute Gasteiger partial charge is 0.411 e. The van der Waals surface area contributed by atoms with Gasteiger partial charge in [0.05, 0.1) is 5.25 Å². The van der Waals surface area contributed by atoms with Gasteiger partial charge in [-0.25, -0.2) is 0 Å². The summed E-state index contributed by atoms with van der Waals surface area (Å²) in [7, 11) is 0. The van der Waals surface area contributed by atoms with Crippen LogP contribution in [0.25, 0.3) is 11.5 Å². The van der Waals surface area contributed by atoms with Crippen LogP contribution in [0.3, 0.4) is 0 Å². The maximum absolute atomic E-state index is 12.5. The molecule has 1 amide bonds. The normalized spacial score (nSPS) is 21.3. The van der Waals surface area contributed by atoms with Crippen LogP contribution >= 0.6 is 11.8 Å². The molecule has 1 heterocycles. The maximum atomic E-state index is 12.5. The van der Waals surface area contributed by atoms with Crippen molar-refractivity contribution in [2.24, 2.45) is 5.92 Å². The van der Waals surface area contributed by atoms with Gasteiger partial charge in [-0.1, -0.05) is 64.4 Å².